The van der Waals surface area contributed by atoms with Gasteiger partial charge in [0.2, 0.25) is 21.8 Å². The summed E-state index contributed by atoms with van der Waals surface area (Å²) in [6.07, 6.45) is 0.893. The zero-order valence-electron chi connectivity index (χ0n) is 24.3. The zero-order valence-corrected chi connectivity index (χ0v) is 25.9. The molecule has 254 valence electrons. The highest BCUT2D eigenvalue weighted by Gasteiger charge is 2.27. The lowest BCUT2D eigenvalue weighted by atomic mass is 10.3. The SMILES string of the molecule is CS(=O)(=O)NCCNC(=O)[C@H](CS(=O)(=O)O)NC(=O)CN1CCN(CC(=O)O)CCN(CC(=O)O)CCN(CC(=O)O)CC1. The van der Waals surface area contributed by atoms with Crippen LogP contribution in [0, 0.1) is 0 Å². The highest BCUT2D eigenvalue weighted by atomic mass is 32.2. The summed E-state index contributed by atoms with van der Waals surface area (Å²) >= 11 is 0. The van der Waals surface area contributed by atoms with Gasteiger partial charge >= 0.3 is 17.9 Å². The van der Waals surface area contributed by atoms with E-state index >= 15 is 0 Å². The molecule has 0 saturated carbocycles. The van der Waals surface area contributed by atoms with Gasteiger partial charge in [0, 0.05) is 65.4 Å². The molecule has 0 aromatic heterocycles. The van der Waals surface area contributed by atoms with Crippen LogP contribution in [-0.2, 0) is 44.1 Å². The molecule has 20 nitrogen and oxygen atoms in total. The molecule has 2 amide bonds. The third kappa shape index (κ3) is 19.3. The van der Waals surface area contributed by atoms with Crippen molar-refractivity contribution in [1.29, 1.82) is 0 Å². The lowest BCUT2D eigenvalue weighted by Gasteiger charge is -2.33. The fraction of sp³-hybridized carbons (Fsp3) is 0.773. The second-order valence-electron chi connectivity index (χ2n) is 10.1. The van der Waals surface area contributed by atoms with Crippen molar-refractivity contribution >= 4 is 49.9 Å². The molecular formula is C22H41N7O13S2. The van der Waals surface area contributed by atoms with Crippen LogP contribution in [-0.4, -0.2) is 196 Å². The average Bonchev–Trinajstić information content (AvgIpc) is 2.85. The predicted octanol–water partition coefficient (Wildman–Crippen LogP) is -5.50. The molecule has 1 aliphatic heterocycles. The van der Waals surface area contributed by atoms with Gasteiger partial charge in [0.15, 0.2) is 0 Å². The Labute approximate surface area is 255 Å². The zero-order chi connectivity index (χ0) is 33.5. The van der Waals surface area contributed by atoms with Crippen LogP contribution in [0.1, 0.15) is 0 Å². The maximum Gasteiger partial charge on any atom is 0.317 e. The number of nitrogens with zero attached hydrogens (tertiary/aromatic N) is 4. The number of carbonyl (C=O) groups is 5. The maximum atomic E-state index is 12.9. The lowest BCUT2D eigenvalue weighted by molar-refractivity contribution is -0.140. The number of hydrogen-bond acceptors (Lipinski definition) is 13. The van der Waals surface area contributed by atoms with Gasteiger partial charge in [-0.15, -0.1) is 0 Å². The molecule has 44 heavy (non-hydrogen) atoms. The molecule has 7 N–H and O–H groups in total. The summed E-state index contributed by atoms with van der Waals surface area (Å²) < 4.78 is 56.7. The standard InChI is InChI=1S/C22H41N7O13S2/c1-43(38,39)24-3-2-23-22(37)17(16-44(40,41)42)25-18(30)12-26-4-6-27(13-19(31)32)8-10-29(15-21(35)36)11-9-28(7-5-26)14-20(33)34/h17,24H,2-16H2,1H3,(H,23,37)(H,25,30)(H,31,32)(H,33,34)(H,35,36)(H,40,41,42)/t17-/m0/s1. The molecule has 0 aliphatic carbocycles. The topological polar surface area (TPSA) is 284 Å². The summed E-state index contributed by atoms with van der Waals surface area (Å²) in [5, 5.41) is 32.4. The van der Waals surface area contributed by atoms with E-state index in [1.54, 1.807) is 9.80 Å². The number of hydrogen-bond donors (Lipinski definition) is 7. The molecule has 0 bridgehead atoms. The number of carboxylic acids is 3. The summed E-state index contributed by atoms with van der Waals surface area (Å²) in [6, 6.07) is -1.74. The molecule has 1 fully saturated rings. The minimum absolute atomic E-state index is 0.0901. The number of aliphatic carboxylic acids is 3. The van der Waals surface area contributed by atoms with Gasteiger partial charge in [-0.3, -0.25) is 48.1 Å². The maximum absolute atomic E-state index is 12.9. The Bertz CT molecular complexity index is 1180. The fourth-order valence-corrected chi connectivity index (χ4v) is 5.30. The Morgan fingerprint density at radius 3 is 1.34 bits per heavy atom. The number of nitrogens with one attached hydrogen (secondary N) is 3. The van der Waals surface area contributed by atoms with Crippen molar-refractivity contribution in [2.24, 2.45) is 0 Å². The monoisotopic (exact) mass is 675 g/mol. The van der Waals surface area contributed by atoms with Gasteiger partial charge in [0.1, 0.15) is 11.8 Å². The molecule has 1 rings (SSSR count). The number of sulfonamides is 1. The summed E-state index contributed by atoms with van der Waals surface area (Å²) in [5.74, 6) is -6.39. The van der Waals surface area contributed by atoms with Gasteiger partial charge in [-0.25, -0.2) is 13.1 Å². The first-order chi connectivity index (χ1) is 20.3. The molecule has 0 spiro atoms. The fourth-order valence-electron chi connectivity index (χ4n) is 4.17. The van der Waals surface area contributed by atoms with E-state index in [2.05, 4.69) is 15.4 Å². The first-order valence-corrected chi connectivity index (χ1v) is 16.8. The predicted molar refractivity (Wildman–Crippen MR) is 153 cm³/mol. The number of rotatable bonds is 16. The molecule has 1 atom stereocenters. The quantitative estimate of drug-likeness (QED) is 0.0593. The second-order valence-corrected chi connectivity index (χ2v) is 13.4. The normalized spacial score (nSPS) is 18.0. The van der Waals surface area contributed by atoms with E-state index in [9.17, 15) is 60.7 Å². The second kappa shape index (κ2) is 18.7. The van der Waals surface area contributed by atoms with E-state index in [1.165, 1.54) is 9.80 Å². The van der Waals surface area contributed by atoms with Crippen LogP contribution in [0.4, 0.5) is 0 Å². The molecule has 0 radical (unpaired) electrons. The highest BCUT2D eigenvalue weighted by molar-refractivity contribution is 7.88. The molecule has 0 aromatic carbocycles. The van der Waals surface area contributed by atoms with Crippen LogP contribution in [0.15, 0.2) is 0 Å². The largest absolute Gasteiger partial charge is 0.480 e. The Hall–Kier alpha value is -2.99. The van der Waals surface area contributed by atoms with E-state index in [0.29, 0.717) is 0 Å². The Balaban J connectivity index is 3.05. The first-order valence-electron chi connectivity index (χ1n) is 13.3. The molecule has 1 saturated heterocycles. The average molecular weight is 676 g/mol. The van der Waals surface area contributed by atoms with Crippen LogP contribution < -0.4 is 15.4 Å². The van der Waals surface area contributed by atoms with Crippen LogP contribution in [0.2, 0.25) is 0 Å². The number of amides is 2. The van der Waals surface area contributed by atoms with Crippen molar-refractivity contribution in [3.05, 3.63) is 0 Å². The summed E-state index contributed by atoms with van der Waals surface area (Å²) in [5.41, 5.74) is 0. The van der Waals surface area contributed by atoms with Gasteiger partial charge in [0.05, 0.1) is 32.4 Å². The summed E-state index contributed by atoms with van der Waals surface area (Å²) in [6.45, 7) is -0.917. The molecule has 0 aromatic rings. The van der Waals surface area contributed by atoms with Gasteiger partial charge in [0.25, 0.3) is 10.1 Å². The van der Waals surface area contributed by atoms with Crippen LogP contribution in [0.5, 0.6) is 0 Å². The van der Waals surface area contributed by atoms with E-state index < -0.39 is 68.2 Å². The number of carbonyl (C=O) groups excluding carboxylic acids is 2. The van der Waals surface area contributed by atoms with E-state index in [-0.39, 0.29) is 85.1 Å². The van der Waals surface area contributed by atoms with Crippen molar-refractivity contribution in [2.45, 2.75) is 6.04 Å². The summed E-state index contributed by atoms with van der Waals surface area (Å²) in [4.78, 5) is 65.8. The van der Waals surface area contributed by atoms with E-state index in [0.717, 1.165) is 6.26 Å². The number of carboxylic acid groups (broad SMARTS) is 3. The van der Waals surface area contributed by atoms with Gasteiger partial charge < -0.3 is 26.0 Å². The van der Waals surface area contributed by atoms with E-state index in [4.69, 9.17) is 0 Å². The van der Waals surface area contributed by atoms with Gasteiger partial charge in [-0.1, -0.05) is 0 Å². The molecule has 0 unspecified atom stereocenters. The third-order valence-corrected chi connectivity index (χ3v) is 7.67. The molecule has 1 heterocycles. The molecule has 22 heteroatoms. The molecular weight excluding hydrogens is 634 g/mol. The van der Waals surface area contributed by atoms with Crippen LogP contribution in [0.3, 0.4) is 0 Å². The Morgan fingerprint density at radius 1 is 0.659 bits per heavy atom. The summed E-state index contributed by atoms with van der Waals surface area (Å²) in [7, 11) is -8.30. The minimum Gasteiger partial charge on any atom is -0.480 e. The van der Waals surface area contributed by atoms with Crippen LogP contribution in [0.25, 0.3) is 0 Å². The highest BCUT2D eigenvalue weighted by Crippen LogP contribution is 2.02. The van der Waals surface area contributed by atoms with Gasteiger partial charge in [-0.2, -0.15) is 8.42 Å². The van der Waals surface area contributed by atoms with E-state index in [1.807, 2.05) is 0 Å². The van der Waals surface area contributed by atoms with Crippen molar-refractivity contribution in [3.63, 3.8) is 0 Å². The van der Waals surface area contributed by atoms with Crippen LogP contribution >= 0.6 is 0 Å². The molecule has 1 aliphatic rings. The third-order valence-electron chi connectivity index (χ3n) is 6.19. The van der Waals surface area contributed by atoms with Crippen molar-refractivity contribution in [2.75, 3.05) is 104 Å². The van der Waals surface area contributed by atoms with Gasteiger partial charge in [-0.05, 0) is 0 Å². The Morgan fingerprint density at radius 2 is 1.02 bits per heavy atom. The first kappa shape index (κ1) is 39.0. The minimum atomic E-state index is -4.74. The lowest BCUT2D eigenvalue weighted by Crippen LogP contribution is -2.54. The van der Waals surface area contributed by atoms with Crippen molar-refractivity contribution in [3.8, 4) is 0 Å². The smallest absolute Gasteiger partial charge is 0.317 e. The Kier molecular flexibility index (Phi) is 16.6. The van der Waals surface area contributed by atoms with Crippen molar-refractivity contribution < 1.29 is 60.7 Å². The van der Waals surface area contributed by atoms with Crippen molar-refractivity contribution in [1.82, 2.24) is 35.0 Å².